The largest absolute Gasteiger partial charge is 0.491 e. The van der Waals surface area contributed by atoms with Gasteiger partial charge in [0.1, 0.15) is 18.2 Å². The minimum atomic E-state index is 0.140. The van der Waals surface area contributed by atoms with Crippen LogP contribution < -0.4 is 4.74 Å². The second-order valence-electron chi connectivity index (χ2n) is 9.48. The summed E-state index contributed by atoms with van der Waals surface area (Å²) in [6, 6.07) is 12.7. The Morgan fingerprint density at radius 2 is 1.94 bits per heavy atom. The number of nitrogens with zero attached hydrogens (tertiary/aromatic N) is 3. The van der Waals surface area contributed by atoms with Crippen LogP contribution in [0.2, 0.25) is 0 Å². The van der Waals surface area contributed by atoms with Crippen molar-refractivity contribution in [3.05, 3.63) is 59.4 Å². The third-order valence-electron chi connectivity index (χ3n) is 7.09. The fourth-order valence-corrected chi connectivity index (χ4v) is 5.56. The Morgan fingerprint density at radius 3 is 2.81 bits per heavy atom. The number of urea groups is 1. The Kier molecular flexibility index (Phi) is 4.49. The van der Waals surface area contributed by atoms with Crippen LogP contribution in [0.1, 0.15) is 24.7 Å². The lowest BCUT2D eigenvalue weighted by atomic mass is 10.00. The van der Waals surface area contributed by atoms with Gasteiger partial charge in [-0.15, -0.1) is 0 Å². The van der Waals surface area contributed by atoms with Crippen molar-refractivity contribution in [3.63, 3.8) is 0 Å². The molecule has 3 heterocycles. The maximum absolute atomic E-state index is 13.3. The van der Waals surface area contributed by atoms with Gasteiger partial charge in [0.2, 0.25) is 0 Å². The average molecular weight is 429 g/mol. The molecule has 2 aromatic carbocycles. The Bertz CT molecular complexity index is 1240. The number of aromatic nitrogens is 2. The quantitative estimate of drug-likeness (QED) is 0.569. The third-order valence-corrected chi connectivity index (χ3v) is 7.09. The van der Waals surface area contributed by atoms with Gasteiger partial charge >= 0.3 is 6.03 Å². The zero-order chi connectivity index (χ0) is 21.8. The van der Waals surface area contributed by atoms with Gasteiger partial charge in [-0.25, -0.2) is 9.78 Å². The summed E-state index contributed by atoms with van der Waals surface area (Å²) >= 11 is 0. The van der Waals surface area contributed by atoms with Crippen LogP contribution in [-0.4, -0.2) is 52.0 Å². The van der Waals surface area contributed by atoms with Crippen molar-refractivity contribution in [2.75, 3.05) is 26.2 Å². The number of hydrogen-bond donors (Lipinski definition) is 1. The lowest BCUT2D eigenvalue weighted by Crippen LogP contribution is -2.43. The van der Waals surface area contributed by atoms with Crippen molar-refractivity contribution in [2.45, 2.75) is 26.8 Å². The molecule has 2 atom stereocenters. The molecule has 2 amide bonds. The third kappa shape index (κ3) is 3.34. The summed E-state index contributed by atoms with van der Waals surface area (Å²) in [6.45, 7) is 7.60. The zero-order valence-corrected chi connectivity index (χ0v) is 18.6. The van der Waals surface area contributed by atoms with E-state index < -0.39 is 0 Å². The highest BCUT2D eigenvalue weighted by atomic mass is 16.5. The molecule has 1 fully saturated rings. The number of carbonyl (C=O) groups excluding carboxylic acids is 1. The number of fused-ring (bicyclic) bond motifs is 3. The molecule has 1 saturated heterocycles. The fourth-order valence-electron chi connectivity index (χ4n) is 5.56. The van der Waals surface area contributed by atoms with Crippen LogP contribution in [0.15, 0.2) is 48.0 Å². The van der Waals surface area contributed by atoms with Gasteiger partial charge in [-0.2, -0.15) is 0 Å². The normalized spacial score (nSPS) is 22.4. The summed E-state index contributed by atoms with van der Waals surface area (Å²) in [5, 5.41) is 0. The Balaban J connectivity index is 1.25. The van der Waals surface area contributed by atoms with Gasteiger partial charge in [-0.05, 0) is 67.5 Å². The molecule has 2 aliphatic heterocycles. The molecule has 0 saturated carbocycles. The molecule has 32 heavy (non-hydrogen) atoms. The summed E-state index contributed by atoms with van der Waals surface area (Å²) in [4.78, 5) is 25.2. The molecule has 0 radical (unpaired) electrons. The van der Waals surface area contributed by atoms with Gasteiger partial charge in [-0.3, -0.25) is 0 Å². The first-order chi connectivity index (χ1) is 15.5. The number of benzene rings is 2. The van der Waals surface area contributed by atoms with Crippen molar-refractivity contribution in [2.24, 2.45) is 11.8 Å². The molecule has 1 aliphatic carbocycles. The minimum absolute atomic E-state index is 0.140. The smallest absolute Gasteiger partial charge is 0.320 e. The second-order valence-corrected chi connectivity index (χ2v) is 9.48. The van der Waals surface area contributed by atoms with Crippen LogP contribution in [0.4, 0.5) is 4.79 Å². The molecule has 0 unspecified atom stereocenters. The second kappa shape index (κ2) is 7.40. The number of H-pyrrole nitrogens is 1. The Hall–Kier alpha value is -3.28. The molecular formula is C26H28N4O2. The van der Waals surface area contributed by atoms with E-state index in [-0.39, 0.29) is 6.03 Å². The van der Waals surface area contributed by atoms with Gasteiger partial charge in [0.05, 0.1) is 24.1 Å². The number of hydrogen-bond acceptors (Lipinski definition) is 3. The van der Waals surface area contributed by atoms with Gasteiger partial charge in [0.25, 0.3) is 0 Å². The van der Waals surface area contributed by atoms with E-state index in [1.54, 1.807) is 0 Å². The summed E-state index contributed by atoms with van der Waals surface area (Å²) in [7, 11) is 0. The first-order valence-corrected chi connectivity index (χ1v) is 11.5. The van der Waals surface area contributed by atoms with E-state index in [1.807, 2.05) is 28.9 Å². The monoisotopic (exact) mass is 428 g/mol. The molecule has 6 rings (SSSR count). The van der Waals surface area contributed by atoms with E-state index in [2.05, 4.69) is 47.2 Å². The summed E-state index contributed by atoms with van der Waals surface area (Å²) in [5.41, 5.74) is 6.78. The Labute approximate surface area is 187 Å². The summed E-state index contributed by atoms with van der Waals surface area (Å²) in [5.74, 6) is 2.92. The van der Waals surface area contributed by atoms with Gasteiger partial charge < -0.3 is 19.5 Å². The molecular weight excluding hydrogens is 400 g/mol. The predicted octanol–water partition coefficient (Wildman–Crippen LogP) is 4.75. The van der Waals surface area contributed by atoms with Crippen LogP contribution in [0.3, 0.4) is 0 Å². The number of amides is 2. The SMILES string of the molecule is CC1=C[C@H]2CN(C(=O)N3CCOc4ccc(-c5ccc6nc(C)[nH]c6c5)cc4C3)C[C@H]2C1. The zero-order valence-electron chi connectivity index (χ0n) is 18.6. The summed E-state index contributed by atoms with van der Waals surface area (Å²) in [6.07, 6.45) is 3.49. The van der Waals surface area contributed by atoms with Gasteiger partial charge in [0, 0.05) is 18.7 Å². The number of nitrogens with one attached hydrogen (secondary N) is 1. The molecule has 1 aromatic heterocycles. The van der Waals surface area contributed by atoms with E-state index in [0.717, 1.165) is 58.8 Å². The van der Waals surface area contributed by atoms with Crippen molar-refractivity contribution in [1.82, 2.24) is 19.8 Å². The topological polar surface area (TPSA) is 61.5 Å². The number of ether oxygens (including phenoxy) is 1. The van der Waals surface area contributed by atoms with E-state index in [9.17, 15) is 4.79 Å². The first kappa shape index (κ1) is 19.4. The van der Waals surface area contributed by atoms with Gasteiger partial charge in [0.15, 0.2) is 0 Å². The lowest BCUT2D eigenvalue weighted by Gasteiger charge is -2.27. The molecule has 1 N–H and O–H groups in total. The molecule has 3 aromatic rings. The number of aryl methyl sites for hydroxylation is 1. The highest BCUT2D eigenvalue weighted by Crippen LogP contribution is 2.37. The maximum atomic E-state index is 13.3. The molecule has 164 valence electrons. The molecule has 6 nitrogen and oxygen atoms in total. The molecule has 0 bridgehead atoms. The van der Waals surface area contributed by atoms with E-state index >= 15 is 0 Å². The first-order valence-electron chi connectivity index (χ1n) is 11.5. The number of likely N-dealkylation sites (tertiary alicyclic amines) is 1. The average Bonchev–Trinajstić information content (AvgIpc) is 3.38. The van der Waals surface area contributed by atoms with Crippen LogP contribution >= 0.6 is 0 Å². The van der Waals surface area contributed by atoms with Crippen molar-refractivity contribution in [3.8, 4) is 16.9 Å². The molecule has 6 heteroatoms. The van der Waals surface area contributed by atoms with Crippen LogP contribution in [0.5, 0.6) is 5.75 Å². The molecule has 0 spiro atoms. The number of allylic oxidation sites excluding steroid dienone is 1. The van der Waals surface area contributed by atoms with Gasteiger partial charge in [-0.1, -0.05) is 23.8 Å². The van der Waals surface area contributed by atoms with Crippen LogP contribution in [-0.2, 0) is 6.54 Å². The highest BCUT2D eigenvalue weighted by Gasteiger charge is 2.38. The number of rotatable bonds is 1. The molecule has 3 aliphatic rings. The number of aromatic amines is 1. The van der Waals surface area contributed by atoms with E-state index in [4.69, 9.17) is 4.74 Å². The lowest BCUT2D eigenvalue weighted by molar-refractivity contribution is 0.152. The van der Waals surface area contributed by atoms with Crippen LogP contribution in [0, 0.1) is 18.8 Å². The van der Waals surface area contributed by atoms with Crippen molar-refractivity contribution < 1.29 is 9.53 Å². The minimum Gasteiger partial charge on any atom is -0.491 e. The summed E-state index contributed by atoms with van der Waals surface area (Å²) < 4.78 is 6.01. The maximum Gasteiger partial charge on any atom is 0.320 e. The van der Waals surface area contributed by atoms with Crippen LogP contribution in [0.25, 0.3) is 22.2 Å². The highest BCUT2D eigenvalue weighted by molar-refractivity contribution is 5.82. The van der Waals surface area contributed by atoms with E-state index in [0.29, 0.717) is 31.5 Å². The standard InChI is InChI=1S/C26H28N4O2/c1-16-9-20-13-30(14-21(20)10-16)26(31)29-7-8-32-25-6-4-18(11-22(25)15-29)19-3-5-23-24(12-19)28-17(2)27-23/h3-6,9,11-12,20-21H,7-8,10,13-15H2,1-2H3,(H,27,28)/t20-,21+/m0/s1. The van der Waals surface area contributed by atoms with E-state index in [1.165, 1.54) is 5.57 Å². The van der Waals surface area contributed by atoms with Crippen molar-refractivity contribution in [1.29, 1.82) is 0 Å². The van der Waals surface area contributed by atoms with Crippen molar-refractivity contribution >= 4 is 17.1 Å². The predicted molar refractivity (Wildman–Crippen MR) is 124 cm³/mol. The fraction of sp³-hybridized carbons (Fsp3) is 0.385. The number of imidazole rings is 1. The number of carbonyl (C=O) groups is 1. The Morgan fingerprint density at radius 1 is 1.09 bits per heavy atom.